The highest BCUT2D eigenvalue weighted by molar-refractivity contribution is 6.31. The molecular formula is C23H16Cl2N6O2. The van der Waals surface area contributed by atoms with Crippen LogP contribution in [0.4, 0.5) is 0 Å². The summed E-state index contributed by atoms with van der Waals surface area (Å²) in [5, 5.41) is 10.2. The van der Waals surface area contributed by atoms with E-state index in [0.29, 0.717) is 21.3 Å². The molecule has 0 aliphatic rings. The number of fused-ring (bicyclic) bond motifs is 1. The van der Waals surface area contributed by atoms with E-state index in [1.165, 1.54) is 16.3 Å². The molecular weight excluding hydrogens is 463 g/mol. The first-order valence-electron chi connectivity index (χ1n) is 9.89. The van der Waals surface area contributed by atoms with Crippen LogP contribution in [0.5, 0.6) is 6.01 Å². The second kappa shape index (κ2) is 8.65. The van der Waals surface area contributed by atoms with Gasteiger partial charge in [0.25, 0.3) is 0 Å². The maximum absolute atomic E-state index is 13.1. The Labute approximate surface area is 198 Å². The van der Waals surface area contributed by atoms with Crippen molar-refractivity contribution in [2.75, 3.05) is 7.11 Å². The van der Waals surface area contributed by atoms with Gasteiger partial charge in [-0.15, -0.1) is 5.10 Å². The molecule has 8 nitrogen and oxygen atoms in total. The van der Waals surface area contributed by atoms with E-state index in [9.17, 15) is 4.79 Å². The number of hydrogen-bond donors (Lipinski definition) is 0. The van der Waals surface area contributed by atoms with Gasteiger partial charge < -0.3 is 4.74 Å². The van der Waals surface area contributed by atoms with E-state index in [1.54, 1.807) is 42.9 Å². The number of aromatic nitrogens is 6. The molecule has 0 fully saturated rings. The van der Waals surface area contributed by atoms with E-state index < -0.39 is 0 Å². The van der Waals surface area contributed by atoms with Gasteiger partial charge in [0.15, 0.2) is 5.65 Å². The summed E-state index contributed by atoms with van der Waals surface area (Å²) in [6.45, 7) is 0.183. The van der Waals surface area contributed by atoms with Gasteiger partial charge in [-0.1, -0.05) is 47.5 Å². The van der Waals surface area contributed by atoms with Gasteiger partial charge in [0.05, 0.1) is 19.9 Å². The van der Waals surface area contributed by atoms with E-state index in [2.05, 4.69) is 20.2 Å². The third kappa shape index (κ3) is 4.06. The van der Waals surface area contributed by atoms with Crippen LogP contribution in [-0.2, 0) is 6.54 Å². The summed E-state index contributed by atoms with van der Waals surface area (Å²) in [5.74, 6) is 0. The molecule has 5 rings (SSSR count). The summed E-state index contributed by atoms with van der Waals surface area (Å²) in [6, 6.07) is 15.0. The zero-order valence-electron chi connectivity index (χ0n) is 17.3. The van der Waals surface area contributed by atoms with E-state index in [4.69, 9.17) is 27.9 Å². The van der Waals surface area contributed by atoms with Crippen LogP contribution in [-0.4, -0.2) is 36.5 Å². The molecule has 0 saturated heterocycles. The van der Waals surface area contributed by atoms with Crippen LogP contribution in [0.15, 0.2) is 71.9 Å². The largest absolute Gasteiger partial charge is 0.467 e. The number of nitrogens with zero attached hydrogens (tertiary/aromatic N) is 6. The number of methoxy groups -OCH3 is 1. The van der Waals surface area contributed by atoms with Crippen LogP contribution >= 0.6 is 23.2 Å². The second-order valence-corrected chi connectivity index (χ2v) is 8.07. The maximum atomic E-state index is 13.1. The van der Waals surface area contributed by atoms with Gasteiger partial charge in [0.2, 0.25) is 0 Å². The van der Waals surface area contributed by atoms with Crippen molar-refractivity contribution in [3.63, 3.8) is 0 Å². The van der Waals surface area contributed by atoms with Crippen molar-refractivity contribution < 1.29 is 4.74 Å². The molecule has 2 aromatic carbocycles. The van der Waals surface area contributed by atoms with Gasteiger partial charge in [-0.05, 0) is 35.4 Å². The zero-order valence-corrected chi connectivity index (χ0v) is 18.8. The van der Waals surface area contributed by atoms with Gasteiger partial charge in [0.1, 0.15) is 0 Å². The minimum atomic E-state index is -0.376. The molecule has 0 amide bonds. The molecule has 5 aromatic rings. The van der Waals surface area contributed by atoms with Crippen molar-refractivity contribution in [1.29, 1.82) is 0 Å². The topological polar surface area (TPSA) is 87.2 Å². The van der Waals surface area contributed by atoms with Crippen LogP contribution in [0.25, 0.3) is 27.9 Å². The molecule has 0 spiro atoms. The normalized spacial score (nSPS) is 11.1. The summed E-state index contributed by atoms with van der Waals surface area (Å²) in [4.78, 5) is 21.3. The average molecular weight is 479 g/mol. The number of halogens is 2. The Hall–Kier alpha value is -3.75. The molecule has 0 N–H and O–H groups in total. The van der Waals surface area contributed by atoms with E-state index in [1.807, 2.05) is 24.3 Å². The summed E-state index contributed by atoms with van der Waals surface area (Å²) in [5.41, 5.74) is 4.05. The van der Waals surface area contributed by atoms with Crippen LogP contribution in [0.3, 0.4) is 0 Å². The maximum Gasteiger partial charge on any atom is 0.367 e. The third-order valence-corrected chi connectivity index (χ3v) is 5.60. The fraction of sp³-hybridized carbons (Fsp3) is 0.0870. The van der Waals surface area contributed by atoms with Crippen LogP contribution in [0, 0.1) is 0 Å². The first-order chi connectivity index (χ1) is 16.0. The summed E-state index contributed by atoms with van der Waals surface area (Å²) in [7, 11) is 1.49. The number of hydrogen-bond acceptors (Lipinski definition) is 6. The highest BCUT2D eigenvalue weighted by Gasteiger charge is 2.19. The van der Waals surface area contributed by atoms with Gasteiger partial charge in [-0.25, -0.2) is 19.4 Å². The number of benzene rings is 2. The van der Waals surface area contributed by atoms with Gasteiger partial charge in [-0.2, -0.15) is 9.61 Å². The zero-order chi connectivity index (χ0) is 22.9. The highest BCUT2D eigenvalue weighted by atomic mass is 35.5. The molecule has 0 aliphatic carbocycles. The second-order valence-electron chi connectivity index (χ2n) is 7.20. The average Bonchev–Trinajstić information content (AvgIpc) is 3.15. The van der Waals surface area contributed by atoms with Gasteiger partial charge >= 0.3 is 11.7 Å². The Morgan fingerprint density at radius 1 is 0.879 bits per heavy atom. The summed E-state index contributed by atoms with van der Waals surface area (Å²) in [6.07, 6.45) is 4.84. The molecule has 3 heterocycles. The first-order valence-corrected chi connectivity index (χ1v) is 10.6. The van der Waals surface area contributed by atoms with Gasteiger partial charge in [0, 0.05) is 39.1 Å². The quantitative estimate of drug-likeness (QED) is 0.372. The highest BCUT2D eigenvalue weighted by Crippen LogP contribution is 2.35. The minimum Gasteiger partial charge on any atom is -0.467 e. The Kier molecular flexibility index (Phi) is 5.53. The lowest BCUT2D eigenvalue weighted by Gasteiger charge is -2.11. The predicted octanol–water partition coefficient (Wildman–Crippen LogP) is 4.38. The molecule has 0 aliphatic heterocycles. The molecule has 0 saturated carbocycles. The Morgan fingerprint density at radius 3 is 2.09 bits per heavy atom. The van der Waals surface area contributed by atoms with Gasteiger partial charge in [-0.3, -0.25) is 0 Å². The van der Waals surface area contributed by atoms with Crippen molar-refractivity contribution in [1.82, 2.24) is 29.4 Å². The standard InChI is InChI=1S/C23H16Cl2N6O2/c1-33-22-26-10-14(11-27-22)13-30-23(32)31-21(29-30)20(16-4-8-18(25)9-5-16)19(12-28-31)15-2-6-17(24)7-3-15/h2-12H,13H2,1H3. The summed E-state index contributed by atoms with van der Waals surface area (Å²) >= 11 is 12.2. The van der Waals surface area contributed by atoms with E-state index in [0.717, 1.165) is 22.3 Å². The SMILES string of the molecule is COc1ncc(Cn2nc3c(-c4ccc(Cl)cc4)c(-c4ccc(Cl)cc4)cnn3c2=O)cn1. The lowest BCUT2D eigenvalue weighted by atomic mass is 9.97. The van der Waals surface area contributed by atoms with Crippen LogP contribution < -0.4 is 10.4 Å². The molecule has 33 heavy (non-hydrogen) atoms. The van der Waals surface area contributed by atoms with Crippen molar-refractivity contribution in [2.24, 2.45) is 0 Å². The molecule has 0 unspecified atom stereocenters. The third-order valence-electron chi connectivity index (χ3n) is 5.10. The fourth-order valence-electron chi connectivity index (χ4n) is 3.52. The summed E-state index contributed by atoms with van der Waals surface area (Å²) < 4.78 is 7.61. The van der Waals surface area contributed by atoms with Crippen molar-refractivity contribution in [2.45, 2.75) is 6.54 Å². The minimum absolute atomic E-state index is 0.183. The number of ether oxygens (including phenoxy) is 1. The van der Waals surface area contributed by atoms with E-state index >= 15 is 0 Å². The Morgan fingerprint density at radius 2 is 1.48 bits per heavy atom. The monoisotopic (exact) mass is 478 g/mol. The lowest BCUT2D eigenvalue weighted by Crippen LogP contribution is -2.23. The van der Waals surface area contributed by atoms with Crippen molar-refractivity contribution in [3.05, 3.63) is 93.2 Å². The molecule has 10 heteroatoms. The van der Waals surface area contributed by atoms with Crippen molar-refractivity contribution in [3.8, 4) is 28.3 Å². The van der Waals surface area contributed by atoms with Crippen molar-refractivity contribution >= 4 is 28.8 Å². The fourth-order valence-corrected chi connectivity index (χ4v) is 3.77. The number of rotatable bonds is 5. The van der Waals surface area contributed by atoms with Crippen LogP contribution in [0.1, 0.15) is 5.56 Å². The molecule has 164 valence electrons. The lowest BCUT2D eigenvalue weighted by molar-refractivity contribution is 0.379. The first kappa shape index (κ1) is 21.1. The smallest absolute Gasteiger partial charge is 0.367 e. The Bertz CT molecular complexity index is 1490. The molecule has 0 atom stereocenters. The molecule has 3 aromatic heterocycles. The molecule has 0 bridgehead atoms. The van der Waals surface area contributed by atoms with E-state index in [-0.39, 0.29) is 18.2 Å². The van der Waals surface area contributed by atoms with Crippen LogP contribution in [0.2, 0.25) is 10.0 Å². The molecule has 0 radical (unpaired) electrons. The predicted molar refractivity (Wildman–Crippen MR) is 126 cm³/mol. The Balaban J connectivity index is 1.70.